The van der Waals surface area contributed by atoms with Gasteiger partial charge >= 0.3 is 0 Å². The van der Waals surface area contributed by atoms with Crippen LogP contribution >= 0.6 is 0 Å². The van der Waals surface area contributed by atoms with Crippen LogP contribution in [0.2, 0.25) is 0 Å². The van der Waals surface area contributed by atoms with Gasteiger partial charge in [-0.2, -0.15) is 0 Å². The lowest BCUT2D eigenvalue weighted by atomic mass is 9.97. The maximum Gasteiger partial charge on any atom is 0.278 e. The number of carbonyl (C=O) groups excluding carboxylic acids is 1. The number of fused-ring (bicyclic) bond motifs is 1. The Morgan fingerprint density at radius 3 is 2.68 bits per heavy atom. The molecule has 0 saturated heterocycles. The van der Waals surface area contributed by atoms with Crippen LogP contribution in [0.15, 0.2) is 53.3 Å². The van der Waals surface area contributed by atoms with Gasteiger partial charge in [-0.25, -0.2) is 4.68 Å². The van der Waals surface area contributed by atoms with Gasteiger partial charge in [0.2, 0.25) is 5.91 Å². The first-order chi connectivity index (χ1) is 12.1. The zero-order chi connectivity index (χ0) is 17.8. The van der Waals surface area contributed by atoms with Gasteiger partial charge in [0.15, 0.2) is 0 Å². The minimum Gasteiger partial charge on any atom is -0.324 e. The van der Waals surface area contributed by atoms with Crippen molar-refractivity contribution in [2.24, 2.45) is 0 Å². The first-order valence-corrected chi connectivity index (χ1v) is 8.31. The van der Waals surface area contributed by atoms with E-state index in [-0.39, 0.29) is 18.0 Å². The van der Waals surface area contributed by atoms with E-state index >= 15 is 0 Å². The molecule has 6 nitrogen and oxygen atoms in total. The molecule has 0 aliphatic carbocycles. The van der Waals surface area contributed by atoms with Crippen LogP contribution in [0, 0.1) is 0 Å². The fourth-order valence-electron chi connectivity index (χ4n) is 2.71. The maximum absolute atomic E-state index is 12.4. The maximum atomic E-state index is 12.4. The molecule has 1 atom stereocenters. The number of anilines is 1. The second-order valence-electron chi connectivity index (χ2n) is 6.01. The third-order valence-electron chi connectivity index (χ3n) is 4.30. The van der Waals surface area contributed by atoms with Gasteiger partial charge in [-0.3, -0.25) is 9.59 Å². The van der Waals surface area contributed by atoms with Crippen molar-refractivity contribution in [1.29, 1.82) is 0 Å². The highest BCUT2D eigenvalue weighted by Gasteiger charge is 2.13. The van der Waals surface area contributed by atoms with E-state index in [0.29, 0.717) is 16.8 Å². The number of nitrogens with one attached hydrogen (secondary N) is 1. The minimum absolute atomic E-state index is 0.175. The van der Waals surface area contributed by atoms with Gasteiger partial charge in [-0.1, -0.05) is 49.4 Å². The zero-order valence-corrected chi connectivity index (χ0v) is 14.3. The van der Waals surface area contributed by atoms with Gasteiger partial charge < -0.3 is 5.32 Å². The van der Waals surface area contributed by atoms with Crippen LogP contribution in [-0.2, 0) is 11.3 Å². The van der Waals surface area contributed by atoms with Crippen LogP contribution in [-0.4, -0.2) is 20.9 Å². The fourth-order valence-corrected chi connectivity index (χ4v) is 2.71. The Bertz CT molecular complexity index is 965. The molecule has 1 amide bonds. The average Bonchev–Trinajstić information content (AvgIpc) is 2.64. The highest BCUT2D eigenvalue weighted by atomic mass is 16.2. The average molecular weight is 336 g/mol. The molecule has 3 aromatic rings. The minimum atomic E-state index is -0.323. The van der Waals surface area contributed by atoms with E-state index in [1.54, 1.807) is 24.3 Å². The van der Waals surface area contributed by atoms with Gasteiger partial charge in [0.1, 0.15) is 12.1 Å². The molecule has 0 aliphatic heterocycles. The Labute approximate surface area is 145 Å². The molecule has 0 saturated carbocycles. The molecule has 0 bridgehead atoms. The van der Waals surface area contributed by atoms with E-state index in [1.807, 2.05) is 24.3 Å². The van der Waals surface area contributed by atoms with Crippen molar-refractivity contribution >= 4 is 22.5 Å². The van der Waals surface area contributed by atoms with Crippen molar-refractivity contribution in [1.82, 2.24) is 15.0 Å². The molecule has 1 heterocycles. The van der Waals surface area contributed by atoms with E-state index in [9.17, 15) is 9.59 Å². The number of aromatic nitrogens is 3. The van der Waals surface area contributed by atoms with Gasteiger partial charge in [-0.05, 0) is 36.1 Å². The van der Waals surface area contributed by atoms with Crippen molar-refractivity contribution in [3.05, 3.63) is 64.4 Å². The SMILES string of the molecule is CC[C@@H](C)c1ccccc1NC(=O)Cn1nnc2ccccc2c1=O. The van der Waals surface area contributed by atoms with Crippen molar-refractivity contribution in [2.45, 2.75) is 32.7 Å². The number of rotatable bonds is 5. The summed E-state index contributed by atoms with van der Waals surface area (Å²) in [6.45, 7) is 4.04. The third-order valence-corrected chi connectivity index (χ3v) is 4.30. The first-order valence-electron chi connectivity index (χ1n) is 8.31. The number of carbonyl (C=O) groups is 1. The van der Waals surface area contributed by atoms with Crippen molar-refractivity contribution in [3.8, 4) is 0 Å². The molecule has 2 aromatic carbocycles. The van der Waals surface area contributed by atoms with E-state index in [0.717, 1.165) is 22.4 Å². The first kappa shape index (κ1) is 16.8. The summed E-state index contributed by atoms with van der Waals surface area (Å²) in [7, 11) is 0. The third kappa shape index (κ3) is 3.57. The van der Waals surface area contributed by atoms with Crippen molar-refractivity contribution in [3.63, 3.8) is 0 Å². The molecule has 25 heavy (non-hydrogen) atoms. The number of hydrogen-bond donors (Lipinski definition) is 1. The lowest BCUT2D eigenvalue weighted by molar-refractivity contribution is -0.117. The van der Waals surface area contributed by atoms with Crippen LogP contribution in [0.5, 0.6) is 0 Å². The molecule has 1 aromatic heterocycles. The summed E-state index contributed by atoms with van der Waals surface area (Å²) in [5.74, 6) is 0.0297. The van der Waals surface area contributed by atoms with Crippen molar-refractivity contribution in [2.75, 3.05) is 5.32 Å². The second-order valence-corrected chi connectivity index (χ2v) is 6.01. The molecule has 6 heteroatoms. The monoisotopic (exact) mass is 336 g/mol. The van der Waals surface area contributed by atoms with Gasteiger partial charge in [-0.15, -0.1) is 5.10 Å². The highest BCUT2D eigenvalue weighted by molar-refractivity contribution is 5.91. The lowest BCUT2D eigenvalue weighted by Crippen LogP contribution is -2.30. The summed E-state index contributed by atoms with van der Waals surface area (Å²) in [5.41, 5.74) is 2.04. The number of nitrogens with zero attached hydrogens (tertiary/aromatic N) is 3. The van der Waals surface area contributed by atoms with Crippen molar-refractivity contribution < 1.29 is 4.79 Å². The predicted molar refractivity (Wildman–Crippen MR) is 97.6 cm³/mol. The topological polar surface area (TPSA) is 76.9 Å². The fraction of sp³-hybridized carbons (Fsp3) is 0.263. The number of benzene rings is 2. The molecule has 0 fully saturated rings. The largest absolute Gasteiger partial charge is 0.324 e. The standard InChI is InChI=1S/C19H20N4O2/c1-3-13(2)14-8-4-6-10-16(14)20-18(24)12-23-19(25)15-9-5-7-11-17(15)21-22-23/h4-11,13H,3,12H2,1-2H3,(H,20,24)/t13-/m1/s1. The number of para-hydroxylation sites is 1. The number of hydrogen-bond acceptors (Lipinski definition) is 4. The Morgan fingerprint density at radius 1 is 1.16 bits per heavy atom. The summed E-state index contributed by atoms with van der Waals surface area (Å²) in [6.07, 6.45) is 0.975. The summed E-state index contributed by atoms with van der Waals surface area (Å²) in [6, 6.07) is 14.7. The Balaban J connectivity index is 1.82. The van der Waals surface area contributed by atoms with Gasteiger partial charge in [0, 0.05) is 5.69 Å². The van der Waals surface area contributed by atoms with Gasteiger partial charge in [0.05, 0.1) is 5.39 Å². The Kier molecular flexibility index (Phi) is 4.88. The molecular weight excluding hydrogens is 316 g/mol. The molecule has 0 radical (unpaired) electrons. The molecule has 0 unspecified atom stereocenters. The van der Waals surface area contributed by atoms with E-state index < -0.39 is 0 Å². The summed E-state index contributed by atoms with van der Waals surface area (Å²) in [5, 5.41) is 11.2. The summed E-state index contributed by atoms with van der Waals surface area (Å²) >= 11 is 0. The molecule has 0 aliphatic rings. The molecular formula is C19H20N4O2. The lowest BCUT2D eigenvalue weighted by Gasteiger charge is -2.15. The van der Waals surface area contributed by atoms with Crippen LogP contribution in [0.4, 0.5) is 5.69 Å². The van der Waals surface area contributed by atoms with Crippen LogP contribution < -0.4 is 10.9 Å². The normalized spacial score (nSPS) is 12.1. The van der Waals surface area contributed by atoms with E-state index in [4.69, 9.17) is 0 Å². The van der Waals surface area contributed by atoms with E-state index in [1.165, 1.54) is 0 Å². The smallest absolute Gasteiger partial charge is 0.278 e. The predicted octanol–water partition coefficient (Wildman–Crippen LogP) is 2.94. The quantitative estimate of drug-likeness (QED) is 0.777. The highest BCUT2D eigenvalue weighted by Crippen LogP contribution is 2.26. The summed E-state index contributed by atoms with van der Waals surface area (Å²) in [4.78, 5) is 24.8. The van der Waals surface area contributed by atoms with Crippen LogP contribution in [0.1, 0.15) is 31.7 Å². The summed E-state index contributed by atoms with van der Waals surface area (Å²) < 4.78 is 1.09. The Morgan fingerprint density at radius 2 is 1.88 bits per heavy atom. The van der Waals surface area contributed by atoms with Crippen LogP contribution in [0.3, 0.4) is 0 Å². The Hall–Kier alpha value is -3.02. The molecule has 1 N–H and O–H groups in total. The molecule has 128 valence electrons. The molecule has 3 rings (SSSR count). The van der Waals surface area contributed by atoms with Crippen LogP contribution in [0.25, 0.3) is 10.9 Å². The number of amides is 1. The van der Waals surface area contributed by atoms with Gasteiger partial charge in [0.25, 0.3) is 5.56 Å². The second kappa shape index (κ2) is 7.25. The zero-order valence-electron chi connectivity index (χ0n) is 14.3. The molecule has 0 spiro atoms. The van der Waals surface area contributed by atoms with E-state index in [2.05, 4.69) is 29.5 Å².